The van der Waals surface area contributed by atoms with Crippen LogP contribution in [0, 0.1) is 0 Å². The maximum atomic E-state index is 5.49. The zero-order valence-corrected chi connectivity index (χ0v) is 9.60. The zero-order valence-electron chi connectivity index (χ0n) is 8.78. The van der Waals surface area contributed by atoms with Crippen LogP contribution in [0.15, 0.2) is 24.3 Å². The molecule has 76 valence electrons. The van der Waals surface area contributed by atoms with Crippen LogP contribution in [0.5, 0.6) is 5.75 Å². The summed E-state index contributed by atoms with van der Waals surface area (Å²) in [6.45, 7) is 2.63. The first kappa shape index (κ1) is 11.0. The lowest BCUT2D eigenvalue weighted by Crippen LogP contribution is -2.21. The van der Waals surface area contributed by atoms with Crippen molar-refractivity contribution in [3.05, 3.63) is 29.8 Å². The Morgan fingerprint density at radius 2 is 2.00 bits per heavy atom. The standard InChI is InChI=1S/C11H15NOS/c1-4-13-10-8-6-5-7-9(10)11(14)12(2)3/h5-8H,4H2,1-3H3. The summed E-state index contributed by atoms with van der Waals surface area (Å²) in [6.07, 6.45) is 0. The molecule has 0 atom stereocenters. The maximum absolute atomic E-state index is 5.49. The summed E-state index contributed by atoms with van der Waals surface area (Å²) in [5, 5.41) is 0. The first-order valence-corrected chi connectivity index (χ1v) is 5.01. The van der Waals surface area contributed by atoms with Gasteiger partial charge in [-0.1, -0.05) is 24.4 Å². The molecule has 0 amide bonds. The highest BCUT2D eigenvalue weighted by atomic mass is 32.1. The molecule has 2 nitrogen and oxygen atoms in total. The number of hydrogen-bond donors (Lipinski definition) is 0. The van der Waals surface area contributed by atoms with Crippen LogP contribution < -0.4 is 4.74 Å². The fraction of sp³-hybridized carbons (Fsp3) is 0.364. The van der Waals surface area contributed by atoms with Crippen molar-refractivity contribution in [3.8, 4) is 5.75 Å². The van der Waals surface area contributed by atoms with Gasteiger partial charge in [0, 0.05) is 14.1 Å². The van der Waals surface area contributed by atoms with E-state index in [1.165, 1.54) is 0 Å². The molecule has 0 aliphatic carbocycles. The van der Waals surface area contributed by atoms with Gasteiger partial charge in [-0.2, -0.15) is 0 Å². The van der Waals surface area contributed by atoms with Gasteiger partial charge in [0.2, 0.25) is 0 Å². The van der Waals surface area contributed by atoms with Crippen LogP contribution in [0.2, 0.25) is 0 Å². The molecule has 0 saturated carbocycles. The van der Waals surface area contributed by atoms with Gasteiger partial charge in [0.25, 0.3) is 0 Å². The summed E-state index contributed by atoms with van der Waals surface area (Å²) in [6, 6.07) is 7.84. The molecular weight excluding hydrogens is 194 g/mol. The number of hydrogen-bond acceptors (Lipinski definition) is 2. The molecule has 0 aromatic heterocycles. The molecule has 0 heterocycles. The van der Waals surface area contributed by atoms with Crippen LogP contribution in [-0.2, 0) is 0 Å². The van der Waals surface area contributed by atoms with Gasteiger partial charge in [0.05, 0.1) is 12.2 Å². The van der Waals surface area contributed by atoms with Crippen molar-refractivity contribution in [2.75, 3.05) is 20.7 Å². The number of rotatable bonds is 3. The first-order chi connectivity index (χ1) is 6.66. The molecular formula is C11H15NOS. The number of benzene rings is 1. The lowest BCUT2D eigenvalue weighted by molar-refractivity contribution is 0.339. The molecule has 0 saturated heterocycles. The number of thiocarbonyl (C=S) groups is 1. The Bertz CT molecular complexity index is 323. The van der Waals surface area contributed by atoms with Crippen LogP contribution in [0.3, 0.4) is 0 Å². The zero-order chi connectivity index (χ0) is 10.6. The molecule has 0 N–H and O–H groups in total. The van der Waals surface area contributed by atoms with Crippen molar-refractivity contribution >= 4 is 17.2 Å². The third-order valence-electron chi connectivity index (χ3n) is 1.82. The third kappa shape index (κ3) is 2.45. The molecule has 0 unspecified atom stereocenters. The smallest absolute Gasteiger partial charge is 0.129 e. The van der Waals surface area contributed by atoms with E-state index in [1.807, 2.05) is 50.2 Å². The van der Waals surface area contributed by atoms with Gasteiger partial charge in [-0.25, -0.2) is 0 Å². The topological polar surface area (TPSA) is 12.5 Å². The molecule has 14 heavy (non-hydrogen) atoms. The average molecular weight is 209 g/mol. The molecule has 0 radical (unpaired) electrons. The molecule has 0 aliphatic heterocycles. The van der Waals surface area contributed by atoms with E-state index in [-0.39, 0.29) is 0 Å². The summed E-state index contributed by atoms with van der Waals surface area (Å²) in [5.41, 5.74) is 0.981. The molecule has 3 heteroatoms. The van der Waals surface area contributed by atoms with Gasteiger partial charge < -0.3 is 9.64 Å². The predicted molar refractivity (Wildman–Crippen MR) is 63.0 cm³/mol. The molecule has 1 rings (SSSR count). The van der Waals surface area contributed by atoms with Crippen molar-refractivity contribution in [2.45, 2.75) is 6.92 Å². The molecule has 0 aliphatic rings. The highest BCUT2D eigenvalue weighted by Gasteiger charge is 2.08. The molecule has 0 spiro atoms. The van der Waals surface area contributed by atoms with E-state index < -0.39 is 0 Å². The highest BCUT2D eigenvalue weighted by Crippen LogP contribution is 2.19. The van der Waals surface area contributed by atoms with E-state index >= 15 is 0 Å². The molecule has 0 fully saturated rings. The van der Waals surface area contributed by atoms with E-state index in [2.05, 4.69) is 0 Å². The van der Waals surface area contributed by atoms with E-state index in [1.54, 1.807) is 0 Å². The summed E-state index contributed by atoms with van der Waals surface area (Å²) < 4.78 is 5.49. The maximum Gasteiger partial charge on any atom is 0.129 e. The number of ether oxygens (including phenoxy) is 1. The van der Waals surface area contributed by atoms with Gasteiger partial charge in [-0.15, -0.1) is 0 Å². The van der Waals surface area contributed by atoms with Crippen molar-refractivity contribution in [1.82, 2.24) is 4.90 Å². The summed E-state index contributed by atoms with van der Waals surface area (Å²) in [7, 11) is 3.87. The fourth-order valence-corrected chi connectivity index (χ4v) is 1.33. The van der Waals surface area contributed by atoms with Crippen LogP contribution in [0.4, 0.5) is 0 Å². The Labute approximate surface area is 90.5 Å². The molecule has 0 bridgehead atoms. The van der Waals surface area contributed by atoms with Gasteiger partial charge in [-0.05, 0) is 19.1 Å². The average Bonchev–Trinajstić information content (AvgIpc) is 2.18. The summed E-state index contributed by atoms with van der Waals surface area (Å²) in [5.74, 6) is 0.855. The van der Waals surface area contributed by atoms with Gasteiger partial charge in [-0.3, -0.25) is 0 Å². The van der Waals surface area contributed by atoms with Gasteiger partial charge >= 0.3 is 0 Å². The Balaban J connectivity index is 3.00. The Hall–Kier alpha value is -1.09. The largest absolute Gasteiger partial charge is 0.493 e. The van der Waals surface area contributed by atoms with Crippen molar-refractivity contribution < 1.29 is 4.74 Å². The third-order valence-corrected chi connectivity index (χ3v) is 2.41. The second-order valence-corrected chi connectivity index (χ2v) is 3.52. The van der Waals surface area contributed by atoms with Crippen molar-refractivity contribution in [3.63, 3.8) is 0 Å². The Kier molecular flexibility index (Phi) is 3.89. The molecule has 1 aromatic carbocycles. The van der Waals surface area contributed by atoms with Gasteiger partial charge in [0.1, 0.15) is 10.7 Å². The minimum absolute atomic E-state index is 0.660. The van der Waals surface area contributed by atoms with Gasteiger partial charge in [0.15, 0.2) is 0 Å². The Morgan fingerprint density at radius 3 is 2.57 bits per heavy atom. The SMILES string of the molecule is CCOc1ccccc1C(=S)N(C)C. The van der Waals surface area contributed by atoms with Crippen LogP contribution in [-0.4, -0.2) is 30.6 Å². The minimum Gasteiger partial charge on any atom is -0.493 e. The van der Waals surface area contributed by atoms with Crippen LogP contribution in [0.1, 0.15) is 12.5 Å². The molecule has 1 aromatic rings. The normalized spacial score (nSPS) is 9.64. The van der Waals surface area contributed by atoms with E-state index in [9.17, 15) is 0 Å². The summed E-state index contributed by atoms with van der Waals surface area (Å²) in [4.78, 5) is 2.71. The Morgan fingerprint density at radius 1 is 1.36 bits per heavy atom. The van der Waals surface area contributed by atoms with Crippen molar-refractivity contribution in [1.29, 1.82) is 0 Å². The minimum atomic E-state index is 0.660. The van der Waals surface area contributed by atoms with Crippen molar-refractivity contribution in [2.24, 2.45) is 0 Å². The lowest BCUT2D eigenvalue weighted by Gasteiger charge is -2.16. The predicted octanol–water partition coefficient (Wildman–Crippen LogP) is 2.32. The lowest BCUT2D eigenvalue weighted by atomic mass is 10.2. The monoisotopic (exact) mass is 209 g/mol. The second-order valence-electron chi connectivity index (χ2n) is 3.13. The highest BCUT2D eigenvalue weighted by molar-refractivity contribution is 7.80. The van der Waals surface area contributed by atoms with E-state index in [4.69, 9.17) is 17.0 Å². The summed E-state index contributed by atoms with van der Waals surface area (Å²) >= 11 is 5.29. The van der Waals surface area contributed by atoms with E-state index in [0.29, 0.717) is 6.61 Å². The fourth-order valence-electron chi connectivity index (χ4n) is 1.17. The number of para-hydroxylation sites is 1. The van der Waals surface area contributed by atoms with Crippen LogP contribution in [0.25, 0.3) is 0 Å². The second kappa shape index (κ2) is 4.96. The quantitative estimate of drug-likeness (QED) is 0.709. The van der Waals surface area contributed by atoms with E-state index in [0.717, 1.165) is 16.3 Å². The first-order valence-electron chi connectivity index (χ1n) is 4.60. The number of nitrogens with zero attached hydrogens (tertiary/aromatic N) is 1. The van der Waals surface area contributed by atoms with Crippen LogP contribution >= 0.6 is 12.2 Å².